The van der Waals surface area contributed by atoms with E-state index in [2.05, 4.69) is 61.0 Å². The molecule has 156 valence electrons. The zero-order valence-electron chi connectivity index (χ0n) is 17.3. The average molecular weight is 412 g/mol. The van der Waals surface area contributed by atoms with E-state index in [0.29, 0.717) is 11.8 Å². The summed E-state index contributed by atoms with van der Waals surface area (Å²) in [5.41, 5.74) is 4.67. The SMILES string of the molecule is c1ccc2c(c1)C(C1CCNCC1)CN2c1nccc(Nc2ccc3[nH]ncc3c2)n1. The van der Waals surface area contributed by atoms with E-state index in [-0.39, 0.29) is 0 Å². The lowest BCUT2D eigenvalue weighted by Gasteiger charge is -2.28. The molecule has 2 aromatic heterocycles. The highest BCUT2D eigenvalue weighted by atomic mass is 15.3. The van der Waals surface area contributed by atoms with Gasteiger partial charge in [-0.15, -0.1) is 0 Å². The molecular formula is C24H25N7. The maximum absolute atomic E-state index is 4.86. The first-order valence-corrected chi connectivity index (χ1v) is 11.0. The molecule has 2 aliphatic rings. The number of H-pyrrole nitrogens is 1. The molecule has 6 rings (SSSR count). The van der Waals surface area contributed by atoms with Crippen LogP contribution in [0.3, 0.4) is 0 Å². The lowest BCUT2D eigenvalue weighted by Crippen LogP contribution is -2.32. The second-order valence-corrected chi connectivity index (χ2v) is 8.40. The molecule has 1 atom stereocenters. The predicted molar refractivity (Wildman–Crippen MR) is 123 cm³/mol. The maximum atomic E-state index is 4.86. The highest BCUT2D eigenvalue weighted by molar-refractivity contribution is 5.82. The lowest BCUT2D eigenvalue weighted by molar-refractivity contribution is 0.327. The Morgan fingerprint density at radius 3 is 2.87 bits per heavy atom. The average Bonchev–Trinajstić information content (AvgIpc) is 3.44. The summed E-state index contributed by atoms with van der Waals surface area (Å²) in [5, 5.41) is 15.1. The summed E-state index contributed by atoms with van der Waals surface area (Å²) < 4.78 is 0. The quantitative estimate of drug-likeness (QED) is 0.464. The van der Waals surface area contributed by atoms with Gasteiger partial charge in [0, 0.05) is 35.4 Å². The van der Waals surface area contributed by atoms with Crippen LogP contribution in [-0.4, -0.2) is 39.8 Å². The number of nitrogens with one attached hydrogen (secondary N) is 3. The zero-order chi connectivity index (χ0) is 20.6. The van der Waals surface area contributed by atoms with Gasteiger partial charge in [0.15, 0.2) is 0 Å². The lowest BCUT2D eigenvalue weighted by atomic mass is 9.82. The highest BCUT2D eigenvalue weighted by Crippen LogP contribution is 2.45. The first-order valence-electron chi connectivity index (χ1n) is 11.0. The molecule has 1 saturated heterocycles. The standard InChI is InChI=1S/C24H25N7/c1-2-4-22-19(3-1)20(16-7-10-25-11-8-16)15-31(22)24-26-12-9-23(29-24)28-18-5-6-21-17(13-18)14-27-30-21/h1-6,9,12-14,16,20,25H,7-8,10-11,15H2,(H,27,30)(H,26,28,29). The van der Waals surface area contributed by atoms with Gasteiger partial charge < -0.3 is 15.5 Å². The van der Waals surface area contributed by atoms with Gasteiger partial charge in [0.2, 0.25) is 5.95 Å². The number of aromatic nitrogens is 4. The number of benzene rings is 2. The van der Waals surface area contributed by atoms with Crippen LogP contribution in [0, 0.1) is 5.92 Å². The Kier molecular flexibility index (Phi) is 4.53. The largest absolute Gasteiger partial charge is 0.340 e. The summed E-state index contributed by atoms with van der Waals surface area (Å²) in [5.74, 6) is 2.77. The highest BCUT2D eigenvalue weighted by Gasteiger charge is 2.36. The predicted octanol–water partition coefficient (Wildman–Crippen LogP) is 4.33. The van der Waals surface area contributed by atoms with Crippen LogP contribution >= 0.6 is 0 Å². The third-order valence-electron chi connectivity index (χ3n) is 6.56. The van der Waals surface area contributed by atoms with Gasteiger partial charge in [-0.2, -0.15) is 10.1 Å². The molecule has 0 radical (unpaired) electrons. The Morgan fingerprint density at radius 2 is 1.94 bits per heavy atom. The van der Waals surface area contributed by atoms with Crippen molar-refractivity contribution in [2.75, 3.05) is 29.9 Å². The number of anilines is 4. The molecule has 0 amide bonds. The number of piperidine rings is 1. The monoisotopic (exact) mass is 411 g/mol. The van der Waals surface area contributed by atoms with Crippen LogP contribution < -0.4 is 15.5 Å². The van der Waals surface area contributed by atoms with Crippen LogP contribution in [0.4, 0.5) is 23.1 Å². The molecule has 4 aromatic rings. The molecule has 0 spiro atoms. The minimum Gasteiger partial charge on any atom is -0.340 e. The van der Waals surface area contributed by atoms with E-state index in [1.54, 1.807) is 0 Å². The normalized spacial score (nSPS) is 19.0. The Hall–Kier alpha value is -3.45. The summed E-state index contributed by atoms with van der Waals surface area (Å²) >= 11 is 0. The van der Waals surface area contributed by atoms with E-state index in [1.807, 2.05) is 30.6 Å². The number of fused-ring (bicyclic) bond motifs is 2. The first-order chi connectivity index (χ1) is 15.3. The molecule has 7 nitrogen and oxygen atoms in total. The van der Waals surface area contributed by atoms with Gasteiger partial charge in [0.05, 0.1) is 11.7 Å². The van der Waals surface area contributed by atoms with Crippen molar-refractivity contribution in [1.82, 2.24) is 25.5 Å². The number of hydrogen-bond donors (Lipinski definition) is 3. The summed E-state index contributed by atoms with van der Waals surface area (Å²) in [6.45, 7) is 3.16. The van der Waals surface area contributed by atoms with Gasteiger partial charge in [0.1, 0.15) is 5.82 Å². The Labute approximate surface area is 180 Å². The van der Waals surface area contributed by atoms with Crippen LogP contribution in [0.5, 0.6) is 0 Å². The zero-order valence-corrected chi connectivity index (χ0v) is 17.3. The van der Waals surface area contributed by atoms with Gasteiger partial charge in [-0.3, -0.25) is 5.10 Å². The van der Waals surface area contributed by atoms with Gasteiger partial charge in [-0.1, -0.05) is 18.2 Å². The van der Waals surface area contributed by atoms with E-state index >= 15 is 0 Å². The molecule has 2 aromatic carbocycles. The fourth-order valence-electron chi connectivity index (χ4n) is 5.00. The Bertz CT molecular complexity index is 1210. The van der Waals surface area contributed by atoms with E-state index in [4.69, 9.17) is 4.98 Å². The maximum Gasteiger partial charge on any atom is 0.231 e. The number of hydrogen-bond acceptors (Lipinski definition) is 6. The molecule has 3 N–H and O–H groups in total. The van der Waals surface area contributed by atoms with Crippen LogP contribution in [0.25, 0.3) is 10.9 Å². The molecule has 1 unspecified atom stereocenters. The van der Waals surface area contributed by atoms with Gasteiger partial charge in [-0.05, 0) is 67.7 Å². The minimum absolute atomic E-state index is 0.530. The minimum atomic E-state index is 0.530. The first kappa shape index (κ1) is 18.3. The molecule has 4 heterocycles. The summed E-state index contributed by atoms with van der Waals surface area (Å²) in [7, 11) is 0. The number of aromatic amines is 1. The van der Waals surface area contributed by atoms with Crippen LogP contribution in [-0.2, 0) is 0 Å². The fourth-order valence-corrected chi connectivity index (χ4v) is 5.00. The van der Waals surface area contributed by atoms with Gasteiger partial charge in [-0.25, -0.2) is 4.98 Å². The van der Waals surface area contributed by atoms with Crippen molar-refractivity contribution in [1.29, 1.82) is 0 Å². The van der Waals surface area contributed by atoms with Crippen molar-refractivity contribution in [3.05, 3.63) is 66.5 Å². The molecule has 0 saturated carbocycles. The topological polar surface area (TPSA) is 81.8 Å². The molecule has 0 aliphatic carbocycles. The Morgan fingerprint density at radius 1 is 1.03 bits per heavy atom. The number of nitrogens with zero attached hydrogens (tertiary/aromatic N) is 4. The Balaban J connectivity index is 1.29. The molecule has 31 heavy (non-hydrogen) atoms. The second-order valence-electron chi connectivity index (χ2n) is 8.40. The molecular weight excluding hydrogens is 386 g/mol. The van der Waals surface area contributed by atoms with Crippen molar-refractivity contribution in [2.45, 2.75) is 18.8 Å². The van der Waals surface area contributed by atoms with Crippen LogP contribution in [0.1, 0.15) is 24.3 Å². The van der Waals surface area contributed by atoms with Crippen molar-refractivity contribution < 1.29 is 0 Å². The molecule has 7 heteroatoms. The number of para-hydroxylation sites is 1. The van der Waals surface area contributed by atoms with Crippen molar-refractivity contribution in [3.63, 3.8) is 0 Å². The second kappa shape index (κ2) is 7.67. The molecule has 2 aliphatic heterocycles. The van der Waals surface area contributed by atoms with E-state index in [1.165, 1.54) is 24.1 Å². The van der Waals surface area contributed by atoms with Crippen molar-refractivity contribution >= 4 is 34.0 Å². The van der Waals surface area contributed by atoms with E-state index in [9.17, 15) is 0 Å². The van der Waals surface area contributed by atoms with E-state index < -0.39 is 0 Å². The van der Waals surface area contributed by atoms with Gasteiger partial charge >= 0.3 is 0 Å². The summed E-state index contributed by atoms with van der Waals surface area (Å²) in [4.78, 5) is 11.8. The molecule has 0 bridgehead atoms. The van der Waals surface area contributed by atoms with Crippen molar-refractivity contribution in [3.8, 4) is 0 Å². The van der Waals surface area contributed by atoms with Crippen molar-refractivity contribution in [2.24, 2.45) is 5.92 Å². The van der Waals surface area contributed by atoms with E-state index in [0.717, 1.165) is 48.0 Å². The van der Waals surface area contributed by atoms with Gasteiger partial charge in [0.25, 0.3) is 0 Å². The van der Waals surface area contributed by atoms with Crippen LogP contribution in [0.15, 0.2) is 60.9 Å². The third kappa shape index (κ3) is 3.41. The number of rotatable bonds is 4. The third-order valence-corrected chi connectivity index (χ3v) is 6.56. The van der Waals surface area contributed by atoms with Crippen LogP contribution in [0.2, 0.25) is 0 Å². The summed E-state index contributed by atoms with van der Waals surface area (Å²) in [6, 6.07) is 16.8. The molecule has 1 fully saturated rings. The summed E-state index contributed by atoms with van der Waals surface area (Å²) in [6.07, 6.45) is 6.12. The fraction of sp³-hybridized carbons (Fsp3) is 0.292. The smallest absolute Gasteiger partial charge is 0.231 e.